The zero-order valence-electron chi connectivity index (χ0n) is 10.9. The molecule has 2 atom stereocenters. The lowest BCUT2D eigenvalue weighted by Crippen LogP contribution is -2.33. The molecule has 0 saturated carbocycles. The lowest BCUT2D eigenvalue weighted by molar-refractivity contribution is 0.234. The van der Waals surface area contributed by atoms with Gasteiger partial charge in [0.1, 0.15) is 0 Å². The fourth-order valence-electron chi connectivity index (χ4n) is 1.96. The summed E-state index contributed by atoms with van der Waals surface area (Å²) in [5, 5.41) is 8.84. The molecule has 92 valence electrons. The summed E-state index contributed by atoms with van der Waals surface area (Å²) in [6, 6.07) is 10.9. The van der Waals surface area contributed by atoms with E-state index in [-0.39, 0.29) is 12.0 Å². The number of rotatable bonds is 5. The van der Waals surface area contributed by atoms with Crippen LogP contribution in [0, 0.1) is 24.2 Å². The highest BCUT2D eigenvalue weighted by molar-refractivity contribution is 5.24. The van der Waals surface area contributed by atoms with Crippen LogP contribution < -0.4 is 5.73 Å². The zero-order chi connectivity index (χ0) is 12.8. The fourth-order valence-corrected chi connectivity index (χ4v) is 1.96. The summed E-state index contributed by atoms with van der Waals surface area (Å²) in [5.74, 6) is 0.0273. The summed E-state index contributed by atoms with van der Waals surface area (Å²) in [4.78, 5) is 2.15. The molecule has 3 heteroatoms. The normalized spacial score (nSPS) is 14.4. The lowest BCUT2D eigenvalue weighted by Gasteiger charge is -2.28. The van der Waals surface area contributed by atoms with Gasteiger partial charge in [-0.25, -0.2) is 0 Å². The van der Waals surface area contributed by atoms with Crippen LogP contribution in [0.25, 0.3) is 0 Å². The van der Waals surface area contributed by atoms with Crippen molar-refractivity contribution in [3.05, 3.63) is 35.4 Å². The number of nitrogens with zero attached hydrogens (tertiary/aromatic N) is 2. The molecule has 2 unspecified atom stereocenters. The molecule has 0 radical (unpaired) electrons. The molecule has 0 amide bonds. The maximum absolute atomic E-state index is 8.84. The minimum absolute atomic E-state index is 0.0273. The van der Waals surface area contributed by atoms with Crippen LogP contribution in [0.15, 0.2) is 24.3 Å². The van der Waals surface area contributed by atoms with Crippen molar-refractivity contribution in [1.29, 1.82) is 5.26 Å². The minimum atomic E-state index is 0.0273. The van der Waals surface area contributed by atoms with E-state index in [1.165, 1.54) is 11.1 Å². The third-order valence-electron chi connectivity index (χ3n) is 3.00. The molecule has 3 nitrogen and oxygen atoms in total. The van der Waals surface area contributed by atoms with Gasteiger partial charge in [0, 0.05) is 19.1 Å². The number of likely N-dealkylation sites (N-methyl/N-ethyl adjacent to an activating group) is 1. The van der Waals surface area contributed by atoms with E-state index < -0.39 is 0 Å². The topological polar surface area (TPSA) is 53.0 Å². The van der Waals surface area contributed by atoms with Gasteiger partial charge >= 0.3 is 0 Å². The minimum Gasteiger partial charge on any atom is -0.329 e. The van der Waals surface area contributed by atoms with Crippen LogP contribution >= 0.6 is 0 Å². The van der Waals surface area contributed by atoms with Crippen LogP contribution in [0.5, 0.6) is 0 Å². The van der Waals surface area contributed by atoms with Crippen LogP contribution in [-0.4, -0.2) is 25.0 Å². The average Bonchev–Trinajstić information content (AvgIpc) is 2.32. The van der Waals surface area contributed by atoms with Gasteiger partial charge in [-0.3, -0.25) is 4.90 Å². The van der Waals surface area contributed by atoms with E-state index in [0.29, 0.717) is 6.54 Å². The summed E-state index contributed by atoms with van der Waals surface area (Å²) in [7, 11) is 2.02. The number of nitriles is 1. The molecule has 0 aliphatic heterocycles. The van der Waals surface area contributed by atoms with Crippen LogP contribution in [-0.2, 0) is 0 Å². The first-order chi connectivity index (χ1) is 8.08. The Bertz CT molecular complexity index is 377. The summed E-state index contributed by atoms with van der Waals surface area (Å²) in [5.41, 5.74) is 8.30. The predicted octanol–water partition coefficient (Wildman–Crippen LogP) is 2.09. The van der Waals surface area contributed by atoms with Crippen molar-refractivity contribution in [2.75, 3.05) is 20.1 Å². The third kappa shape index (κ3) is 3.85. The first-order valence-corrected chi connectivity index (χ1v) is 5.95. The van der Waals surface area contributed by atoms with Crippen LogP contribution in [0.2, 0.25) is 0 Å². The molecule has 1 aromatic rings. The average molecular weight is 231 g/mol. The maximum atomic E-state index is 8.84. The number of aryl methyl sites for hydroxylation is 1. The zero-order valence-corrected chi connectivity index (χ0v) is 10.9. The van der Waals surface area contributed by atoms with Gasteiger partial charge in [0.2, 0.25) is 0 Å². The first kappa shape index (κ1) is 13.7. The maximum Gasteiger partial charge on any atom is 0.0666 e. The molecule has 0 aromatic heterocycles. The molecule has 1 aromatic carbocycles. The van der Waals surface area contributed by atoms with E-state index in [0.717, 1.165) is 6.54 Å². The summed E-state index contributed by atoms with van der Waals surface area (Å²) in [6.45, 7) is 5.31. The summed E-state index contributed by atoms with van der Waals surface area (Å²) >= 11 is 0. The van der Waals surface area contributed by atoms with E-state index >= 15 is 0 Å². The van der Waals surface area contributed by atoms with E-state index in [1.54, 1.807) is 0 Å². The SMILES string of the molecule is Cc1ccc(C(CN)N(C)CC(C)C#N)cc1. The predicted molar refractivity (Wildman–Crippen MR) is 70.4 cm³/mol. The largest absolute Gasteiger partial charge is 0.329 e. The highest BCUT2D eigenvalue weighted by Crippen LogP contribution is 2.19. The van der Waals surface area contributed by atoms with Crippen molar-refractivity contribution in [3.63, 3.8) is 0 Å². The Morgan fingerprint density at radius 3 is 2.41 bits per heavy atom. The van der Waals surface area contributed by atoms with Gasteiger partial charge in [-0.15, -0.1) is 0 Å². The third-order valence-corrected chi connectivity index (χ3v) is 3.00. The molecule has 0 bridgehead atoms. The summed E-state index contributed by atoms with van der Waals surface area (Å²) < 4.78 is 0. The Morgan fingerprint density at radius 1 is 1.35 bits per heavy atom. The number of benzene rings is 1. The van der Waals surface area contributed by atoms with Gasteiger partial charge in [-0.05, 0) is 26.5 Å². The highest BCUT2D eigenvalue weighted by Gasteiger charge is 2.17. The van der Waals surface area contributed by atoms with E-state index in [1.807, 2.05) is 14.0 Å². The highest BCUT2D eigenvalue weighted by atomic mass is 15.1. The molecule has 0 saturated heterocycles. The summed E-state index contributed by atoms with van der Waals surface area (Å²) in [6.07, 6.45) is 0. The van der Waals surface area contributed by atoms with Crippen molar-refractivity contribution >= 4 is 0 Å². The molecule has 0 fully saturated rings. The lowest BCUT2D eigenvalue weighted by atomic mass is 10.0. The Kier molecular flexibility index (Phi) is 5.14. The van der Waals surface area contributed by atoms with Crippen molar-refractivity contribution in [2.45, 2.75) is 19.9 Å². The van der Waals surface area contributed by atoms with E-state index in [4.69, 9.17) is 11.0 Å². The second kappa shape index (κ2) is 6.39. The fraction of sp³-hybridized carbons (Fsp3) is 0.500. The van der Waals surface area contributed by atoms with Crippen LogP contribution in [0.3, 0.4) is 0 Å². The number of hydrogen-bond acceptors (Lipinski definition) is 3. The van der Waals surface area contributed by atoms with Crippen molar-refractivity contribution in [1.82, 2.24) is 4.90 Å². The second-order valence-electron chi connectivity index (χ2n) is 4.63. The molecular formula is C14H21N3. The van der Waals surface area contributed by atoms with E-state index in [9.17, 15) is 0 Å². The molecule has 0 spiro atoms. The molecule has 0 heterocycles. The number of hydrogen-bond donors (Lipinski definition) is 1. The van der Waals surface area contributed by atoms with Crippen LogP contribution in [0.4, 0.5) is 0 Å². The van der Waals surface area contributed by atoms with Crippen molar-refractivity contribution < 1.29 is 0 Å². The van der Waals surface area contributed by atoms with Crippen molar-refractivity contribution in [3.8, 4) is 6.07 Å². The van der Waals surface area contributed by atoms with Gasteiger partial charge in [0.25, 0.3) is 0 Å². The van der Waals surface area contributed by atoms with Gasteiger partial charge in [0.05, 0.1) is 12.0 Å². The quantitative estimate of drug-likeness (QED) is 0.844. The molecular weight excluding hydrogens is 210 g/mol. The number of nitrogens with two attached hydrogens (primary N) is 1. The molecule has 2 N–H and O–H groups in total. The van der Waals surface area contributed by atoms with Gasteiger partial charge < -0.3 is 5.73 Å². The Balaban J connectivity index is 2.77. The molecule has 1 rings (SSSR count). The monoisotopic (exact) mass is 231 g/mol. The Labute approximate surface area is 104 Å². The second-order valence-corrected chi connectivity index (χ2v) is 4.63. The Morgan fingerprint density at radius 2 is 1.94 bits per heavy atom. The smallest absolute Gasteiger partial charge is 0.0666 e. The Hall–Kier alpha value is -1.37. The van der Waals surface area contributed by atoms with E-state index in [2.05, 4.69) is 42.2 Å². The molecule has 0 aliphatic carbocycles. The standard InChI is InChI=1S/C14H21N3/c1-11-4-6-13(7-5-11)14(9-16)17(3)10-12(2)8-15/h4-7,12,14H,9-10,16H2,1-3H3. The van der Waals surface area contributed by atoms with Gasteiger partial charge in [-0.2, -0.15) is 5.26 Å². The first-order valence-electron chi connectivity index (χ1n) is 5.95. The molecule has 0 aliphatic rings. The molecule has 17 heavy (non-hydrogen) atoms. The van der Waals surface area contributed by atoms with Crippen LogP contribution in [0.1, 0.15) is 24.1 Å². The van der Waals surface area contributed by atoms with Crippen molar-refractivity contribution in [2.24, 2.45) is 11.7 Å². The van der Waals surface area contributed by atoms with Gasteiger partial charge in [-0.1, -0.05) is 29.8 Å². The van der Waals surface area contributed by atoms with Gasteiger partial charge in [0.15, 0.2) is 0 Å².